The highest BCUT2D eigenvalue weighted by atomic mass is 19.3. The van der Waals surface area contributed by atoms with E-state index in [9.17, 15) is 13.2 Å². The van der Waals surface area contributed by atoms with Crippen LogP contribution in [0.25, 0.3) is 11.5 Å². The Bertz CT molecular complexity index is 836. The number of hydrogen-bond donors (Lipinski definition) is 0. The summed E-state index contributed by atoms with van der Waals surface area (Å²) in [4.78, 5) is 11.5. The number of hydrogen-bond acceptors (Lipinski definition) is 5. The molecule has 3 rings (SSSR count). The first-order valence-corrected chi connectivity index (χ1v) is 6.54. The lowest BCUT2D eigenvalue weighted by Crippen LogP contribution is -1.94. The molecule has 0 N–H and O–H groups in total. The average Bonchev–Trinajstić information content (AvgIpc) is 2.97. The molecule has 0 bridgehead atoms. The molecule has 0 radical (unpaired) electrons. The third kappa shape index (κ3) is 3.15. The number of halogens is 3. The lowest BCUT2D eigenvalue weighted by atomic mass is 10.2. The molecule has 0 atom stereocenters. The van der Waals surface area contributed by atoms with E-state index >= 15 is 0 Å². The van der Waals surface area contributed by atoms with Gasteiger partial charge in [-0.2, -0.15) is 0 Å². The molecular formula is C15H10F3N3O2. The van der Waals surface area contributed by atoms with Crippen LogP contribution in [0.1, 0.15) is 17.9 Å². The molecule has 8 heteroatoms. The molecule has 2 aromatic heterocycles. The summed E-state index contributed by atoms with van der Waals surface area (Å²) in [5.74, 6) is -1.42. The van der Waals surface area contributed by atoms with Crippen molar-refractivity contribution < 1.29 is 22.3 Å². The molecule has 23 heavy (non-hydrogen) atoms. The van der Waals surface area contributed by atoms with Gasteiger partial charge in [0, 0.05) is 11.8 Å². The fourth-order valence-corrected chi connectivity index (χ4v) is 1.90. The molecule has 2 heterocycles. The average molecular weight is 321 g/mol. The molecule has 1 aromatic carbocycles. The topological polar surface area (TPSA) is 61.0 Å². The molecule has 5 nitrogen and oxygen atoms in total. The summed E-state index contributed by atoms with van der Waals surface area (Å²) in [6, 6.07) is 5.58. The summed E-state index contributed by atoms with van der Waals surface area (Å²) in [6.45, 7) is 1.74. The maximum Gasteiger partial charge on any atom is 0.297 e. The highest BCUT2D eigenvalue weighted by molar-refractivity contribution is 5.64. The maximum absolute atomic E-state index is 14.1. The molecule has 3 aromatic rings. The predicted octanol–water partition coefficient (Wildman–Crippen LogP) is 4.31. The van der Waals surface area contributed by atoms with Gasteiger partial charge in [0.05, 0.1) is 6.20 Å². The Kier molecular flexibility index (Phi) is 3.96. The minimum atomic E-state index is -2.84. The van der Waals surface area contributed by atoms with E-state index in [0.717, 1.165) is 12.3 Å². The van der Waals surface area contributed by atoms with Gasteiger partial charge in [-0.05, 0) is 19.1 Å². The molecule has 0 unspecified atom stereocenters. The monoisotopic (exact) mass is 321 g/mol. The van der Waals surface area contributed by atoms with Gasteiger partial charge in [0.25, 0.3) is 6.43 Å². The SMILES string of the molecule is Cc1cc(Oc2cccc(F)c2-c2ncc(C(F)F)o2)ncn1. The zero-order valence-corrected chi connectivity index (χ0v) is 11.8. The van der Waals surface area contributed by atoms with E-state index in [1.54, 1.807) is 13.0 Å². The Labute approximate surface area is 128 Å². The predicted molar refractivity (Wildman–Crippen MR) is 73.7 cm³/mol. The van der Waals surface area contributed by atoms with E-state index in [-0.39, 0.29) is 23.1 Å². The molecule has 0 fully saturated rings. The second-order valence-corrected chi connectivity index (χ2v) is 4.58. The van der Waals surface area contributed by atoms with Gasteiger partial charge in [0.15, 0.2) is 5.76 Å². The third-order valence-electron chi connectivity index (χ3n) is 2.92. The Balaban J connectivity index is 2.02. The van der Waals surface area contributed by atoms with Crippen molar-refractivity contribution in [3.8, 4) is 23.1 Å². The van der Waals surface area contributed by atoms with Crippen LogP contribution in [0, 0.1) is 12.7 Å². The van der Waals surface area contributed by atoms with Crippen LogP contribution in [-0.2, 0) is 0 Å². The molecular weight excluding hydrogens is 311 g/mol. The van der Waals surface area contributed by atoms with Crippen LogP contribution in [0.3, 0.4) is 0 Å². The fraction of sp³-hybridized carbons (Fsp3) is 0.133. The van der Waals surface area contributed by atoms with Gasteiger partial charge in [0.2, 0.25) is 11.8 Å². The third-order valence-corrected chi connectivity index (χ3v) is 2.92. The van der Waals surface area contributed by atoms with E-state index in [2.05, 4.69) is 15.0 Å². The number of alkyl halides is 2. The van der Waals surface area contributed by atoms with Gasteiger partial charge in [-0.1, -0.05) is 6.07 Å². The summed E-state index contributed by atoms with van der Waals surface area (Å²) in [5, 5.41) is 0. The molecule has 0 amide bonds. The van der Waals surface area contributed by atoms with Gasteiger partial charge >= 0.3 is 0 Å². The largest absolute Gasteiger partial charge is 0.438 e. The smallest absolute Gasteiger partial charge is 0.297 e. The highest BCUT2D eigenvalue weighted by Crippen LogP contribution is 2.35. The van der Waals surface area contributed by atoms with Crippen LogP contribution >= 0.6 is 0 Å². The quantitative estimate of drug-likeness (QED) is 0.716. The molecule has 0 saturated carbocycles. The minimum absolute atomic E-state index is 0.0470. The summed E-state index contributed by atoms with van der Waals surface area (Å²) in [7, 11) is 0. The molecule has 0 spiro atoms. The van der Waals surface area contributed by atoms with E-state index in [4.69, 9.17) is 9.15 Å². The number of oxazole rings is 1. The molecule has 0 saturated heterocycles. The van der Waals surface area contributed by atoms with E-state index < -0.39 is 18.0 Å². The van der Waals surface area contributed by atoms with Gasteiger partial charge < -0.3 is 9.15 Å². The van der Waals surface area contributed by atoms with Crippen LogP contribution in [0.5, 0.6) is 11.6 Å². The number of rotatable bonds is 4. The lowest BCUT2D eigenvalue weighted by molar-refractivity contribution is 0.122. The van der Waals surface area contributed by atoms with Crippen LogP contribution in [0.15, 0.2) is 41.2 Å². The Morgan fingerprint density at radius 3 is 2.70 bits per heavy atom. The lowest BCUT2D eigenvalue weighted by Gasteiger charge is -2.09. The van der Waals surface area contributed by atoms with E-state index in [0.29, 0.717) is 5.69 Å². The van der Waals surface area contributed by atoms with Crippen molar-refractivity contribution >= 4 is 0 Å². The summed E-state index contributed by atoms with van der Waals surface area (Å²) < 4.78 is 49.8. The zero-order valence-electron chi connectivity index (χ0n) is 11.8. The fourth-order valence-electron chi connectivity index (χ4n) is 1.90. The second-order valence-electron chi connectivity index (χ2n) is 4.58. The number of nitrogens with zero attached hydrogens (tertiary/aromatic N) is 3. The van der Waals surface area contributed by atoms with Crippen molar-refractivity contribution in [2.24, 2.45) is 0 Å². The number of ether oxygens (including phenoxy) is 1. The van der Waals surface area contributed by atoms with Gasteiger partial charge in [-0.3, -0.25) is 0 Å². The van der Waals surface area contributed by atoms with Crippen LogP contribution in [0.4, 0.5) is 13.2 Å². The number of aryl methyl sites for hydroxylation is 1. The molecule has 0 aliphatic rings. The van der Waals surface area contributed by atoms with Gasteiger partial charge in [-0.25, -0.2) is 28.1 Å². The van der Waals surface area contributed by atoms with Crippen molar-refractivity contribution in [3.05, 3.63) is 54.1 Å². The first-order valence-electron chi connectivity index (χ1n) is 6.54. The Morgan fingerprint density at radius 1 is 1.17 bits per heavy atom. The number of aromatic nitrogens is 3. The van der Waals surface area contributed by atoms with Crippen LogP contribution < -0.4 is 4.74 Å². The molecule has 118 valence electrons. The normalized spacial score (nSPS) is 11.0. The van der Waals surface area contributed by atoms with Crippen molar-refractivity contribution in [2.75, 3.05) is 0 Å². The number of benzene rings is 1. The summed E-state index contributed by atoms with van der Waals surface area (Å²) in [5.41, 5.74) is 0.500. The minimum Gasteiger partial charge on any atom is -0.438 e. The molecule has 0 aliphatic heterocycles. The van der Waals surface area contributed by atoms with Crippen molar-refractivity contribution in [1.82, 2.24) is 15.0 Å². The zero-order chi connectivity index (χ0) is 16.4. The standard InChI is InChI=1S/C15H10F3N3O2/c1-8-5-12(21-7-20-8)22-10-4-2-3-9(16)13(10)15-19-6-11(23-15)14(17)18/h2-7,14H,1H3. The van der Waals surface area contributed by atoms with E-state index in [1.807, 2.05) is 0 Å². The molecule has 0 aliphatic carbocycles. The highest BCUT2D eigenvalue weighted by Gasteiger charge is 2.21. The maximum atomic E-state index is 14.1. The van der Waals surface area contributed by atoms with E-state index in [1.165, 1.54) is 18.5 Å². The Morgan fingerprint density at radius 2 is 2.00 bits per heavy atom. The first-order chi connectivity index (χ1) is 11.0. The van der Waals surface area contributed by atoms with Crippen LogP contribution in [0.2, 0.25) is 0 Å². The van der Waals surface area contributed by atoms with Gasteiger partial charge in [-0.15, -0.1) is 0 Å². The van der Waals surface area contributed by atoms with Crippen molar-refractivity contribution in [3.63, 3.8) is 0 Å². The first kappa shape index (κ1) is 15.0. The Hall–Kier alpha value is -2.90. The second kappa shape index (κ2) is 6.07. The summed E-state index contributed by atoms with van der Waals surface area (Å²) >= 11 is 0. The van der Waals surface area contributed by atoms with Crippen molar-refractivity contribution in [2.45, 2.75) is 13.3 Å². The van der Waals surface area contributed by atoms with Gasteiger partial charge in [0.1, 0.15) is 23.5 Å². The summed E-state index contributed by atoms with van der Waals surface area (Å²) in [6.07, 6.45) is -0.689. The van der Waals surface area contributed by atoms with Crippen molar-refractivity contribution in [1.29, 1.82) is 0 Å². The van der Waals surface area contributed by atoms with Crippen LogP contribution in [-0.4, -0.2) is 15.0 Å².